The SMILES string of the molecule is O=C(N=Nc1c(O)n(CN2CCCC[C@@H]2c2cccnc2)c2ccccc12)c1ccccn1. The van der Waals surface area contributed by atoms with E-state index in [1.165, 1.54) is 11.8 Å². The minimum Gasteiger partial charge on any atom is -0.493 e. The smallest absolute Gasteiger partial charge is 0.313 e. The first-order valence-corrected chi connectivity index (χ1v) is 11.0. The molecular weight excluding hydrogens is 416 g/mol. The summed E-state index contributed by atoms with van der Waals surface area (Å²) in [6.45, 7) is 1.41. The van der Waals surface area contributed by atoms with Crippen LogP contribution in [-0.2, 0) is 6.67 Å². The van der Waals surface area contributed by atoms with Crippen molar-refractivity contribution in [2.24, 2.45) is 10.2 Å². The lowest BCUT2D eigenvalue weighted by atomic mass is 9.97. The van der Waals surface area contributed by atoms with Crippen molar-refractivity contribution in [3.8, 4) is 5.88 Å². The predicted molar refractivity (Wildman–Crippen MR) is 124 cm³/mol. The summed E-state index contributed by atoms with van der Waals surface area (Å²) in [5, 5.41) is 19.8. The highest BCUT2D eigenvalue weighted by atomic mass is 16.3. The van der Waals surface area contributed by atoms with Gasteiger partial charge in [0.1, 0.15) is 5.69 Å². The Kier molecular flexibility index (Phi) is 5.91. The second-order valence-electron chi connectivity index (χ2n) is 8.09. The zero-order valence-corrected chi connectivity index (χ0v) is 18.1. The standard InChI is InChI=1S/C25H24N6O2/c32-24(20-10-3-5-14-27-20)29-28-23-19-9-1-2-12-22(19)31(25(23)33)17-30-15-6-4-11-21(30)18-8-7-13-26-16-18/h1-3,5,7-10,12-14,16,21,33H,4,6,11,15,17H2/t21-/m1/s1. The fourth-order valence-electron chi connectivity index (χ4n) is 4.44. The molecule has 5 rings (SSSR count). The number of hydrogen-bond donors (Lipinski definition) is 1. The number of piperidine rings is 1. The first-order chi connectivity index (χ1) is 16.2. The van der Waals surface area contributed by atoms with Gasteiger partial charge in [0.15, 0.2) is 5.69 Å². The summed E-state index contributed by atoms with van der Waals surface area (Å²) in [4.78, 5) is 23.0. The molecule has 0 unspecified atom stereocenters. The number of carbonyl (C=O) groups is 1. The Balaban J connectivity index is 1.48. The van der Waals surface area contributed by atoms with E-state index in [4.69, 9.17) is 0 Å². The minimum absolute atomic E-state index is 0.00992. The van der Waals surface area contributed by atoms with Crippen LogP contribution in [0.15, 0.2) is 83.4 Å². The van der Waals surface area contributed by atoms with Gasteiger partial charge < -0.3 is 5.11 Å². The number of para-hydroxylation sites is 1. The van der Waals surface area contributed by atoms with Crippen LogP contribution in [0.3, 0.4) is 0 Å². The number of azo groups is 1. The zero-order valence-electron chi connectivity index (χ0n) is 18.1. The maximum Gasteiger partial charge on any atom is 0.313 e. The number of hydrogen-bond acceptors (Lipinski definition) is 6. The molecule has 0 saturated carbocycles. The number of carbonyl (C=O) groups excluding carboxylic acids is 1. The van der Waals surface area contributed by atoms with Gasteiger partial charge in [-0.3, -0.25) is 24.2 Å². The first-order valence-electron chi connectivity index (χ1n) is 11.0. The van der Waals surface area contributed by atoms with E-state index in [1.54, 1.807) is 24.4 Å². The first kappa shape index (κ1) is 21.0. The number of likely N-dealkylation sites (tertiary alicyclic amines) is 1. The van der Waals surface area contributed by atoms with Gasteiger partial charge in [-0.25, -0.2) is 0 Å². The molecule has 166 valence electrons. The van der Waals surface area contributed by atoms with Gasteiger partial charge in [-0.15, -0.1) is 10.2 Å². The van der Waals surface area contributed by atoms with Crippen LogP contribution in [0, 0.1) is 0 Å². The van der Waals surface area contributed by atoms with Crippen molar-refractivity contribution < 1.29 is 9.90 Å². The van der Waals surface area contributed by atoms with Crippen molar-refractivity contribution >= 4 is 22.5 Å². The van der Waals surface area contributed by atoms with E-state index in [0.717, 1.165) is 36.7 Å². The van der Waals surface area contributed by atoms with E-state index >= 15 is 0 Å². The van der Waals surface area contributed by atoms with Crippen LogP contribution in [-0.4, -0.2) is 37.0 Å². The quantitative estimate of drug-likeness (QED) is 0.428. The number of aromatic nitrogens is 3. The topological polar surface area (TPSA) is 96.0 Å². The largest absolute Gasteiger partial charge is 0.493 e. The summed E-state index contributed by atoms with van der Waals surface area (Å²) in [6, 6.07) is 16.9. The van der Waals surface area contributed by atoms with Gasteiger partial charge in [0.2, 0.25) is 5.88 Å². The highest BCUT2D eigenvalue weighted by molar-refractivity contribution is 5.96. The van der Waals surface area contributed by atoms with Gasteiger partial charge in [-0.1, -0.05) is 36.8 Å². The molecule has 8 nitrogen and oxygen atoms in total. The van der Waals surface area contributed by atoms with Gasteiger partial charge in [0, 0.05) is 36.6 Å². The molecule has 4 aromatic rings. The Morgan fingerprint density at radius 1 is 1.06 bits per heavy atom. The Hall–Kier alpha value is -3.91. The maximum absolute atomic E-state index is 12.4. The van der Waals surface area contributed by atoms with Crippen LogP contribution in [0.25, 0.3) is 10.9 Å². The van der Waals surface area contributed by atoms with Gasteiger partial charge in [0.25, 0.3) is 0 Å². The molecule has 1 atom stereocenters. The highest BCUT2D eigenvalue weighted by Crippen LogP contribution is 2.40. The molecule has 8 heteroatoms. The van der Waals surface area contributed by atoms with E-state index in [2.05, 4.69) is 31.2 Å². The Bertz CT molecular complexity index is 1290. The summed E-state index contributed by atoms with van der Waals surface area (Å²) < 4.78 is 1.84. The molecule has 1 saturated heterocycles. The van der Waals surface area contributed by atoms with E-state index < -0.39 is 5.91 Å². The lowest BCUT2D eigenvalue weighted by Gasteiger charge is -2.36. The van der Waals surface area contributed by atoms with Crippen molar-refractivity contribution in [2.45, 2.75) is 32.0 Å². The van der Waals surface area contributed by atoms with E-state index in [0.29, 0.717) is 6.67 Å². The van der Waals surface area contributed by atoms with E-state index in [1.807, 2.05) is 41.1 Å². The van der Waals surface area contributed by atoms with Crippen LogP contribution in [0.2, 0.25) is 0 Å². The third-order valence-corrected chi connectivity index (χ3v) is 6.05. The molecule has 1 fully saturated rings. The van der Waals surface area contributed by atoms with E-state index in [9.17, 15) is 9.90 Å². The predicted octanol–water partition coefficient (Wildman–Crippen LogP) is 5.25. The number of rotatable bonds is 5. The molecule has 1 aliphatic rings. The van der Waals surface area contributed by atoms with Crippen LogP contribution in [0.4, 0.5) is 5.69 Å². The lowest BCUT2D eigenvalue weighted by Crippen LogP contribution is -2.34. The van der Waals surface area contributed by atoms with Gasteiger partial charge in [-0.05, 0) is 42.7 Å². The average Bonchev–Trinajstić information content (AvgIpc) is 3.14. The Labute approximate surface area is 191 Å². The summed E-state index contributed by atoms with van der Waals surface area (Å²) >= 11 is 0. The summed E-state index contributed by atoms with van der Waals surface area (Å²) in [6.07, 6.45) is 8.52. The maximum atomic E-state index is 12.4. The number of aromatic hydroxyl groups is 1. The molecule has 0 radical (unpaired) electrons. The van der Waals surface area contributed by atoms with Crippen LogP contribution in [0.1, 0.15) is 41.4 Å². The van der Waals surface area contributed by atoms with Crippen molar-refractivity contribution in [3.05, 3.63) is 84.4 Å². The zero-order chi connectivity index (χ0) is 22.6. The van der Waals surface area contributed by atoms with Crippen LogP contribution >= 0.6 is 0 Å². The molecule has 3 aromatic heterocycles. The molecule has 0 aliphatic carbocycles. The number of benzene rings is 1. The van der Waals surface area contributed by atoms with E-state index in [-0.39, 0.29) is 23.3 Å². The van der Waals surface area contributed by atoms with Crippen molar-refractivity contribution in [1.82, 2.24) is 19.4 Å². The van der Waals surface area contributed by atoms with Crippen molar-refractivity contribution in [2.75, 3.05) is 6.54 Å². The Morgan fingerprint density at radius 3 is 2.76 bits per heavy atom. The van der Waals surface area contributed by atoms with Crippen molar-refractivity contribution in [3.63, 3.8) is 0 Å². The molecule has 1 amide bonds. The van der Waals surface area contributed by atoms with Gasteiger partial charge in [0.05, 0.1) is 12.2 Å². The summed E-state index contributed by atoms with van der Waals surface area (Å²) in [5.41, 5.74) is 2.50. The monoisotopic (exact) mass is 440 g/mol. The third kappa shape index (κ3) is 4.25. The Morgan fingerprint density at radius 2 is 1.94 bits per heavy atom. The molecule has 33 heavy (non-hydrogen) atoms. The second-order valence-corrected chi connectivity index (χ2v) is 8.09. The highest BCUT2D eigenvalue weighted by Gasteiger charge is 2.26. The third-order valence-electron chi connectivity index (χ3n) is 6.05. The molecule has 4 heterocycles. The fraction of sp³-hybridized carbons (Fsp3) is 0.240. The molecule has 0 bridgehead atoms. The molecule has 1 N–H and O–H groups in total. The number of amides is 1. The lowest BCUT2D eigenvalue weighted by molar-refractivity contribution is 0.0990. The normalized spacial score (nSPS) is 17.0. The van der Waals surface area contributed by atoms with Gasteiger partial charge >= 0.3 is 5.91 Å². The molecule has 0 spiro atoms. The summed E-state index contributed by atoms with van der Waals surface area (Å²) in [7, 11) is 0. The van der Waals surface area contributed by atoms with Crippen LogP contribution < -0.4 is 0 Å². The van der Waals surface area contributed by atoms with Gasteiger partial charge in [-0.2, -0.15) is 0 Å². The average molecular weight is 441 g/mol. The van der Waals surface area contributed by atoms with Crippen molar-refractivity contribution in [1.29, 1.82) is 0 Å². The van der Waals surface area contributed by atoms with Crippen LogP contribution in [0.5, 0.6) is 5.88 Å². The number of nitrogens with zero attached hydrogens (tertiary/aromatic N) is 6. The molecular formula is C25H24N6O2. The molecule has 1 aliphatic heterocycles. The fourth-order valence-corrected chi connectivity index (χ4v) is 4.44. The second kappa shape index (κ2) is 9.30. The number of fused-ring (bicyclic) bond motifs is 1. The summed E-state index contributed by atoms with van der Waals surface area (Å²) in [5.74, 6) is -0.566. The number of pyridine rings is 2. The minimum atomic E-state index is -0.556. The molecule has 1 aromatic carbocycles.